The number of fused-ring (bicyclic) bond motifs is 1. The molecule has 0 fully saturated rings. The molecule has 128 valence electrons. The van der Waals surface area contributed by atoms with Crippen LogP contribution in [0, 0.1) is 0 Å². The van der Waals surface area contributed by atoms with Gasteiger partial charge in [0.05, 0.1) is 34.5 Å². The maximum Gasteiger partial charge on any atom is 0.338 e. The zero-order valence-corrected chi connectivity index (χ0v) is 14.9. The van der Waals surface area contributed by atoms with Crippen LogP contribution in [0.2, 0.25) is 5.02 Å². The Morgan fingerprint density at radius 2 is 2.21 bits per heavy atom. The van der Waals surface area contributed by atoms with Crippen molar-refractivity contribution in [3.05, 3.63) is 38.8 Å². The van der Waals surface area contributed by atoms with Crippen molar-refractivity contribution >= 4 is 28.9 Å². The molecule has 0 N–H and O–H groups in total. The lowest BCUT2D eigenvalue weighted by molar-refractivity contribution is 0.0467. The average Bonchev–Trinajstić information content (AvgIpc) is 2.87. The van der Waals surface area contributed by atoms with Gasteiger partial charge >= 0.3 is 5.97 Å². The van der Waals surface area contributed by atoms with Gasteiger partial charge in [-0.1, -0.05) is 18.5 Å². The number of aryl methyl sites for hydroxylation is 1. The van der Waals surface area contributed by atoms with Crippen LogP contribution in [0.3, 0.4) is 0 Å². The molecule has 0 unspecified atom stereocenters. The zero-order chi connectivity index (χ0) is 16.9. The lowest BCUT2D eigenvalue weighted by Gasteiger charge is -2.11. The maximum atomic E-state index is 12.3. The molecule has 3 rings (SSSR count). The first-order chi connectivity index (χ1) is 11.7. The number of rotatable bonds is 5. The molecule has 0 spiro atoms. The van der Waals surface area contributed by atoms with Crippen LogP contribution in [-0.4, -0.2) is 24.2 Å². The van der Waals surface area contributed by atoms with Gasteiger partial charge in [-0.05, 0) is 25.0 Å². The molecule has 0 amide bonds. The van der Waals surface area contributed by atoms with Gasteiger partial charge in [0.15, 0.2) is 11.5 Å². The Bertz CT molecular complexity index is 731. The molecule has 0 radical (unpaired) electrons. The van der Waals surface area contributed by atoms with Crippen molar-refractivity contribution in [2.24, 2.45) is 0 Å². The van der Waals surface area contributed by atoms with Crippen molar-refractivity contribution in [3.63, 3.8) is 0 Å². The molecule has 24 heavy (non-hydrogen) atoms. The summed E-state index contributed by atoms with van der Waals surface area (Å²) in [5.41, 5.74) is 1.10. The normalized spacial score (nSPS) is 13.4. The van der Waals surface area contributed by atoms with Crippen LogP contribution in [0.1, 0.15) is 40.8 Å². The van der Waals surface area contributed by atoms with Crippen LogP contribution in [0.4, 0.5) is 0 Å². The van der Waals surface area contributed by atoms with E-state index in [1.54, 1.807) is 23.5 Å². The van der Waals surface area contributed by atoms with E-state index in [1.807, 2.05) is 5.38 Å². The van der Waals surface area contributed by atoms with Crippen LogP contribution in [0.5, 0.6) is 11.5 Å². The third kappa shape index (κ3) is 3.99. The molecular weight excluding hydrogens is 350 g/mol. The summed E-state index contributed by atoms with van der Waals surface area (Å²) in [7, 11) is 0. The van der Waals surface area contributed by atoms with Gasteiger partial charge < -0.3 is 14.2 Å². The quantitative estimate of drug-likeness (QED) is 0.739. The number of benzene rings is 1. The molecular formula is C17H18ClNO4S. The van der Waals surface area contributed by atoms with E-state index < -0.39 is 5.97 Å². The van der Waals surface area contributed by atoms with Gasteiger partial charge in [-0.15, -0.1) is 11.3 Å². The molecule has 0 atom stereocenters. The summed E-state index contributed by atoms with van der Waals surface area (Å²) in [5, 5.41) is 3.32. The Kier molecular flexibility index (Phi) is 5.58. The average molecular weight is 368 g/mol. The van der Waals surface area contributed by atoms with E-state index in [0.29, 0.717) is 35.3 Å². The van der Waals surface area contributed by atoms with Crippen molar-refractivity contribution in [1.82, 2.24) is 4.98 Å². The molecule has 7 heteroatoms. The van der Waals surface area contributed by atoms with Gasteiger partial charge in [0, 0.05) is 11.8 Å². The first kappa shape index (κ1) is 17.0. The molecule has 2 aromatic rings. The smallest absolute Gasteiger partial charge is 0.338 e. The van der Waals surface area contributed by atoms with Crippen molar-refractivity contribution in [2.75, 3.05) is 13.2 Å². The Morgan fingerprint density at radius 3 is 3.04 bits per heavy atom. The largest absolute Gasteiger partial charge is 0.489 e. The Hall–Kier alpha value is -1.79. The number of thiazole rings is 1. The Balaban J connectivity index is 1.68. The molecule has 0 saturated heterocycles. The molecule has 0 aliphatic carbocycles. The number of nitrogens with zero attached hydrogens (tertiary/aromatic N) is 1. The molecule has 1 aliphatic rings. The fourth-order valence-electron chi connectivity index (χ4n) is 2.32. The highest BCUT2D eigenvalue weighted by atomic mass is 35.5. The number of esters is 1. The number of hydrogen-bond acceptors (Lipinski definition) is 6. The van der Waals surface area contributed by atoms with E-state index in [4.69, 9.17) is 25.8 Å². The second-order valence-electron chi connectivity index (χ2n) is 5.39. The summed E-state index contributed by atoms with van der Waals surface area (Å²) in [6.45, 7) is 3.32. The number of hydrogen-bond donors (Lipinski definition) is 0. The van der Waals surface area contributed by atoms with E-state index in [0.717, 1.165) is 30.0 Å². The first-order valence-electron chi connectivity index (χ1n) is 7.87. The SMILES string of the molecule is CCCc1nc(COC(=O)c2cc(Cl)c3c(c2)OCCCO3)cs1. The zero-order valence-electron chi connectivity index (χ0n) is 13.3. The predicted molar refractivity (Wildman–Crippen MR) is 92.3 cm³/mol. The standard InChI is InChI=1S/C17H18ClNO4S/c1-2-4-15-19-12(10-24-15)9-23-17(20)11-7-13(18)16-14(8-11)21-5-3-6-22-16/h7-8,10H,2-6,9H2,1H3. The summed E-state index contributed by atoms with van der Waals surface area (Å²) in [6, 6.07) is 3.15. The van der Waals surface area contributed by atoms with Crippen molar-refractivity contribution in [2.45, 2.75) is 32.8 Å². The van der Waals surface area contributed by atoms with Crippen LogP contribution < -0.4 is 9.47 Å². The lowest BCUT2D eigenvalue weighted by atomic mass is 10.2. The predicted octanol–water partition coefficient (Wildman–Crippen LogP) is 4.27. The van der Waals surface area contributed by atoms with E-state index in [9.17, 15) is 4.79 Å². The van der Waals surface area contributed by atoms with E-state index in [2.05, 4.69) is 11.9 Å². The minimum Gasteiger partial charge on any atom is -0.489 e. The number of aromatic nitrogens is 1. The van der Waals surface area contributed by atoms with E-state index in [1.165, 1.54) is 0 Å². The van der Waals surface area contributed by atoms with Crippen LogP contribution in [0.25, 0.3) is 0 Å². The van der Waals surface area contributed by atoms with Gasteiger partial charge in [0.1, 0.15) is 6.61 Å². The van der Waals surface area contributed by atoms with Gasteiger partial charge in [-0.25, -0.2) is 9.78 Å². The van der Waals surface area contributed by atoms with Crippen LogP contribution >= 0.6 is 22.9 Å². The molecule has 0 bridgehead atoms. The van der Waals surface area contributed by atoms with E-state index in [-0.39, 0.29) is 6.61 Å². The summed E-state index contributed by atoms with van der Waals surface area (Å²) >= 11 is 7.78. The number of carbonyl (C=O) groups excluding carboxylic acids is 1. The lowest BCUT2D eigenvalue weighted by Crippen LogP contribution is -2.06. The fraction of sp³-hybridized carbons (Fsp3) is 0.412. The highest BCUT2D eigenvalue weighted by molar-refractivity contribution is 7.09. The minimum atomic E-state index is -0.461. The van der Waals surface area contributed by atoms with Crippen LogP contribution in [-0.2, 0) is 17.8 Å². The van der Waals surface area contributed by atoms with Crippen molar-refractivity contribution in [3.8, 4) is 11.5 Å². The third-order valence-corrected chi connectivity index (χ3v) is 4.69. The summed E-state index contributed by atoms with van der Waals surface area (Å²) in [4.78, 5) is 16.7. The maximum absolute atomic E-state index is 12.3. The summed E-state index contributed by atoms with van der Waals surface area (Å²) in [5.74, 6) is 0.498. The second-order valence-corrected chi connectivity index (χ2v) is 6.74. The first-order valence-corrected chi connectivity index (χ1v) is 9.12. The summed E-state index contributed by atoms with van der Waals surface area (Å²) < 4.78 is 16.5. The third-order valence-electron chi connectivity index (χ3n) is 3.45. The monoisotopic (exact) mass is 367 g/mol. The van der Waals surface area contributed by atoms with Crippen LogP contribution in [0.15, 0.2) is 17.5 Å². The Morgan fingerprint density at radius 1 is 1.38 bits per heavy atom. The molecule has 1 aliphatic heterocycles. The molecule has 1 aromatic carbocycles. The minimum absolute atomic E-state index is 0.144. The van der Waals surface area contributed by atoms with Gasteiger partial charge in [0.25, 0.3) is 0 Å². The number of ether oxygens (including phenoxy) is 3. The molecule has 1 aromatic heterocycles. The van der Waals surface area contributed by atoms with Gasteiger partial charge in [-0.2, -0.15) is 0 Å². The fourth-order valence-corrected chi connectivity index (χ4v) is 3.47. The molecule has 0 saturated carbocycles. The molecule has 2 heterocycles. The summed E-state index contributed by atoms with van der Waals surface area (Å²) in [6.07, 6.45) is 2.76. The second kappa shape index (κ2) is 7.85. The number of carbonyl (C=O) groups is 1. The molecule has 5 nitrogen and oxygen atoms in total. The topological polar surface area (TPSA) is 57.7 Å². The van der Waals surface area contributed by atoms with Gasteiger partial charge in [-0.3, -0.25) is 0 Å². The highest BCUT2D eigenvalue weighted by Crippen LogP contribution is 2.38. The highest BCUT2D eigenvalue weighted by Gasteiger charge is 2.19. The Labute approximate surface area is 149 Å². The van der Waals surface area contributed by atoms with E-state index >= 15 is 0 Å². The number of halogens is 1. The van der Waals surface area contributed by atoms with Crippen molar-refractivity contribution < 1.29 is 19.0 Å². The van der Waals surface area contributed by atoms with Gasteiger partial charge in [0.2, 0.25) is 0 Å². The van der Waals surface area contributed by atoms with Crippen molar-refractivity contribution in [1.29, 1.82) is 0 Å².